The maximum absolute atomic E-state index is 11.6. The van der Waals surface area contributed by atoms with Crippen LogP contribution in [0.4, 0.5) is 0 Å². The van der Waals surface area contributed by atoms with Gasteiger partial charge in [-0.25, -0.2) is 5.43 Å². The number of amides is 1. The smallest absolute Gasteiger partial charge is 0.264 e. The summed E-state index contributed by atoms with van der Waals surface area (Å²) < 4.78 is 0. The van der Waals surface area contributed by atoms with Crippen LogP contribution in [0.5, 0.6) is 0 Å². The highest BCUT2D eigenvalue weighted by Gasteiger charge is 1.93. The monoisotopic (exact) mass is 318 g/mol. The van der Waals surface area contributed by atoms with Gasteiger partial charge in [0.25, 0.3) is 5.91 Å². The number of hydrogen-bond acceptors (Lipinski definition) is 2. The quantitative estimate of drug-likeness (QED) is 0.513. The molecule has 1 amide bonds. The first kappa shape index (κ1) is 15.3. The first-order chi connectivity index (χ1) is 10.1. The average molecular weight is 319 g/mol. The summed E-state index contributed by atoms with van der Waals surface area (Å²) in [4.78, 5) is 11.6. The predicted molar refractivity (Wildman–Crippen MR) is 87.7 cm³/mol. The van der Waals surface area contributed by atoms with E-state index >= 15 is 0 Å². The number of rotatable bonds is 4. The molecular weight excluding hydrogens is 307 g/mol. The van der Waals surface area contributed by atoms with E-state index in [9.17, 15) is 4.79 Å². The summed E-state index contributed by atoms with van der Waals surface area (Å²) in [6, 6.07) is 14.3. The first-order valence-electron chi connectivity index (χ1n) is 6.16. The molecule has 21 heavy (non-hydrogen) atoms. The Hall–Kier alpha value is -2.10. The second-order valence-electron chi connectivity index (χ2n) is 4.17. The van der Waals surface area contributed by atoms with Gasteiger partial charge >= 0.3 is 0 Å². The third-order valence-corrected chi connectivity index (χ3v) is 3.06. The van der Waals surface area contributed by atoms with Crippen LogP contribution in [0.15, 0.2) is 59.7 Å². The molecule has 0 atom stereocenters. The highest BCUT2D eigenvalue weighted by atomic mass is 35.5. The van der Waals surface area contributed by atoms with Crippen molar-refractivity contribution in [2.75, 3.05) is 0 Å². The molecule has 0 aromatic heterocycles. The third-order valence-electron chi connectivity index (χ3n) is 2.56. The molecule has 0 aliphatic rings. The van der Waals surface area contributed by atoms with E-state index in [4.69, 9.17) is 23.2 Å². The predicted octanol–water partition coefficient (Wildman–Crippen LogP) is 4.16. The number of hydrazone groups is 1. The van der Waals surface area contributed by atoms with Crippen molar-refractivity contribution in [1.82, 2.24) is 5.43 Å². The lowest BCUT2D eigenvalue weighted by Gasteiger charge is -1.95. The Morgan fingerprint density at radius 3 is 2.00 bits per heavy atom. The summed E-state index contributed by atoms with van der Waals surface area (Å²) >= 11 is 11.6. The zero-order chi connectivity index (χ0) is 15.1. The third kappa shape index (κ3) is 5.42. The van der Waals surface area contributed by atoms with E-state index in [0.29, 0.717) is 10.0 Å². The van der Waals surface area contributed by atoms with Gasteiger partial charge in [0.05, 0.1) is 6.21 Å². The Morgan fingerprint density at radius 2 is 1.43 bits per heavy atom. The molecule has 0 unspecified atom stereocenters. The Morgan fingerprint density at radius 1 is 0.905 bits per heavy atom. The fourth-order valence-electron chi connectivity index (χ4n) is 1.50. The molecule has 0 saturated heterocycles. The van der Waals surface area contributed by atoms with E-state index < -0.39 is 0 Å². The van der Waals surface area contributed by atoms with Gasteiger partial charge in [0.1, 0.15) is 0 Å². The molecule has 2 aromatic rings. The molecule has 0 bridgehead atoms. The zero-order valence-electron chi connectivity index (χ0n) is 11.0. The summed E-state index contributed by atoms with van der Waals surface area (Å²) in [5, 5.41) is 5.17. The minimum Gasteiger partial charge on any atom is -0.268 e. The van der Waals surface area contributed by atoms with Gasteiger partial charge < -0.3 is 0 Å². The molecule has 3 nitrogen and oxygen atoms in total. The SMILES string of the molecule is O=C(/C=C/c1ccc(Cl)cc1)N/N=C\c1ccc(Cl)cc1. The second-order valence-corrected chi connectivity index (χ2v) is 5.04. The minimum absolute atomic E-state index is 0.310. The maximum atomic E-state index is 11.6. The van der Waals surface area contributed by atoms with Crippen molar-refractivity contribution in [3.63, 3.8) is 0 Å². The molecular formula is C16H12Cl2N2O. The fraction of sp³-hybridized carbons (Fsp3) is 0. The summed E-state index contributed by atoms with van der Waals surface area (Å²) in [6.45, 7) is 0. The van der Waals surface area contributed by atoms with Crippen molar-refractivity contribution < 1.29 is 4.79 Å². The van der Waals surface area contributed by atoms with Crippen molar-refractivity contribution in [2.45, 2.75) is 0 Å². The molecule has 0 saturated carbocycles. The lowest BCUT2D eigenvalue weighted by atomic mass is 10.2. The van der Waals surface area contributed by atoms with Crippen LogP contribution in [-0.2, 0) is 4.79 Å². The molecule has 0 heterocycles. The van der Waals surface area contributed by atoms with Crippen molar-refractivity contribution >= 4 is 41.4 Å². The van der Waals surface area contributed by atoms with Gasteiger partial charge in [-0.15, -0.1) is 0 Å². The van der Waals surface area contributed by atoms with Crippen molar-refractivity contribution in [1.29, 1.82) is 0 Å². The lowest BCUT2D eigenvalue weighted by molar-refractivity contribution is -0.116. The molecule has 2 rings (SSSR count). The molecule has 0 radical (unpaired) electrons. The van der Waals surface area contributed by atoms with Gasteiger partial charge in [0.2, 0.25) is 0 Å². The van der Waals surface area contributed by atoms with Crippen LogP contribution in [0, 0.1) is 0 Å². The molecule has 5 heteroatoms. The molecule has 0 aliphatic carbocycles. The van der Waals surface area contributed by atoms with E-state index in [1.165, 1.54) is 6.08 Å². The van der Waals surface area contributed by atoms with Crippen LogP contribution in [0.2, 0.25) is 10.0 Å². The van der Waals surface area contributed by atoms with Gasteiger partial charge in [-0.2, -0.15) is 5.10 Å². The number of nitrogens with zero attached hydrogens (tertiary/aromatic N) is 1. The van der Waals surface area contributed by atoms with Crippen molar-refractivity contribution in [2.24, 2.45) is 5.10 Å². The molecule has 2 aromatic carbocycles. The van der Waals surface area contributed by atoms with Crippen LogP contribution >= 0.6 is 23.2 Å². The number of hydrogen-bond donors (Lipinski definition) is 1. The van der Waals surface area contributed by atoms with Crippen LogP contribution in [0.1, 0.15) is 11.1 Å². The minimum atomic E-state index is -0.310. The van der Waals surface area contributed by atoms with Gasteiger partial charge in [-0.05, 0) is 41.5 Å². The highest BCUT2D eigenvalue weighted by molar-refractivity contribution is 6.30. The second kappa shape index (κ2) is 7.62. The topological polar surface area (TPSA) is 41.5 Å². The Kier molecular flexibility index (Phi) is 5.55. The molecule has 106 valence electrons. The maximum Gasteiger partial charge on any atom is 0.264 e. The Labute approximate surface area is 132 Å². The first-order valence-corrected chi connectivity index (χ1v) is 6.91. The highest BCUT2D eigenvalue weighted by Crippen LogP contribution is 2.10. The van der Waals surface area contributed by atoms with E-state index in [1.807, 2.05) is 24.3 Å². The van der Waals surface area contributed by atoms with Gasteiger partial charge in [-0.1, -0.05) is 47.5 Å². The van der Waals surface area contributed by atoms with Gasteiger partial charge in [-0.3, -0.25) is 4.79 Å². The number of halogens is 2. The van der Waals surface area contributed by atoms with E-state index in [2.05, 4.69) is 10.5 Å². The summed E-state index contributed by atoms with van der Waals surface area (Å²) in [5.41, 5.74) is 4.15. The molecule has 1 N–H and O–H groups in total. The van der Waals surface area contributed by atoms with E-state index in [0.717, 1.165) is 11.1 Å². The molecule has 0 spiro atoms. The normalized spacial score (nSPS) is 11.1. The summed E-state index contributed by atoms with van der Waals surface area (Å²) in [5.74, 6) is -0.310. The standard InChI is InChI=1S/C16H12Cl2N2O/c17-14-6-1-12(2-7-14)5-10-16(21)20-19-11-13-3-8-15(18)9-4-13/h1-11H,(H,20,21)/b10-5+,19-11-. The van der Waals surface area contributed by atoms with Crippen molar-refractivity contribution in [3.8, 4) is 0 Å². The number of carbonyl (C=O) groups is 1. The number of carbonyl (C=O) groups excluding carboxylic acids is 1. The molecule has 0 fully saturated rings. The molecule has 0 aliphatic heterocycles. The summed E-state index contributed by atoms with van der Waals surface area (Å²) in [7, 11) is 0. The van der Waals surface area contributed by atoms with E-state index in [-0.39, 0.29) is 5.91 Å². The summed E-state index contributed by atoms with van der Waals surface area (Å²) in [6.07, 6.45) is 4.64. The Bertz CT molecular complexity index is 662. The fourth-order valence-corrected chi connectivity index (χ4v) is 1.75. The van der Waals surface area contributed by atoms with Crippen LogP contribution in [-0.4, -0.2) is 12.1 Å². The van der Waals surface area contributed by atoms with Crippen LogP contribution in [0.3, 0.4) is 0 Å². The average Bonchev–Trinajstić information content (AvgIpc) is 2.49. The van der Waals surface area contributed by atoms with E-state index in [1.54, 1.807) is 36.6 Å². The largest absolute Gasteiger partial charge is 0.268 e. The van der Waals surface area contributed by atoms with Crippen molar-refractivity contribution in [3.05, 3.63) is 75.8 Å². The lowest BCUT2D eigenvalue weighted by Crippen LogP contribution is -2.14. The van der Waals surface area contributed by atoms with Crippen LogP contribution in [0.25, 0.3) is 6.08 Å². The zero-order valence-corrected chi connectivity index (χ0v) is 12.5. The van der Waals surface area contributed by atoms with Gasteiger partial charge in [0, 0.05) is 16.1 Å². The number of benzene rings is 2. The van der Waals surface area contributed by atoms with Crippen LogP contribution < -0.4 is 5.43 Å². The number of nitrogens with one attached hydrogen (secondary N) is 1. The Balaban J connectivity index is 1.87. The van der Waals surface area contributed by atoms with Gasteiger partial charge in [0.15, 0.2) is 0 Å².